The van der Waals surface area contributed by atoms with Gasteiger partial charge in [-0.15, -0.1) is 0 Å². The van der Waals surface area contributed by atoms with Crippen molar-refractivity contribution in [1.82, 2.24) is 0 Å². The Hall–Kier alpha value is 0.480. The van der Waals surface area contributed by atoms with Crippen molar-refractivity contribution in [2.45, 2.75) is 27.7 Å². The van der Waals surface area contributed by atoms with Crippen LogP contribution >= 0.6 is 0 Å². The first kappa shape index (κ1) is 10.5. The summed E-state index contributed by atoms with van der Waals surface area (Å²) in [7, 11) is 0. The van der Waals surface area contributed by atoms with E-state index in [9.17, 15) is 0 Å². The third-order valence-corrected chi connectivity index (χ3v) is 2.37. The molecule has 1 unspecified atom stereocenters. The van der Waals surface area contributed by atoms with E-state index in [0.29, 0.717) is 5.92 Å². The molecular formula is C9H15Na. The maximum atomic E-state index is 2.32. The molecule has 0 saturated heterocycles. The minimum atomic E-state index is 0. The molecule has 0 nitrogen and oxygen atoms in total. The van der Waals surface area contributed by atoms with Gasteiger partial charge in [0.25, 0.3) is 0 Å². The van der Waals surface area contributed by atoms with Gasteiger partial charge in [-0.1, -0.05) is 24.1 Å². The van der Waals surface area contributed by atoms with E-state index < -0.39 is 0 Å². The van der Waals surface area contributed by atoms with E-state index >= 15 is 0 Å². The van der Waals surface area contributed by atoms with Gasteiger partial charge in [0.15, 0.2) is 0 Å². The molecule has 0 N–H and O–H groups in total. The van der Waals surface area contributed by atoms with Crippen molar-refractivity contribution in [3.63, 3.8) is 0 Å². The molecule has 0 aromatic heterocycles. The third-order valence-electron chi connectivity index (χ3n) is 2.37. The van der Waals surface area contributed by atoms with E-state index in [2.05, 4.69) is 33.8 Å². The average Bonchev–Trinajstić information content (AvgIpc) is 1.98. The summed E-state index contributed by atoms with van der Waals surface area (Å²) in [4.78, 5) is 0. The standard InChI is InChI=1S/C9H14.Na.H/c1-6-5-7(2)9(4)8(6)3;;/h5-6H,1-4H3;;/q;+1;-1. The number of hydrogen-bond acceptors (Lipinski definition) is 0. The molecule has 1 aliphatic carbocycles. The van der Waals surface area contributed by atoms with Gasteiger partial charge >= 0.3 is 29.6 Å². The molecule has 0 spiro atoms. The predicted octanol–water partition coefficient (Wildman–Crippen LogP) is 0.0353. The van der Waals surface area contributed by atoms with E-state index in [4.69, 9.17) is 0 Å². The van der Waals surface area contributed by atoms with Crippen LogP contribution < -0.4 is 29.6 Å². The molecule has 1 heteroatoms. The zero-order chi connectivity index (χ0) is 7.02. The van der Waals surface area contributed by atoms with Crippen molar-refractivity contribution in [2.24, 2.45) is 5.92 Å². The van der Waals surface area contributed by atoms with Crippen LogP contribution in [0.1, 0.15) is 29.1 Å². The van der Waals surface area contributed by atoms with Crippen LogP contribution in [-0.4, -0.2) is 0 Å². The maximum Gasteiger partial charge on any atom is 1.00 e. The summed E-state index contributed by atoms with van der Waals surface area (Å²) in [6, 6.07) is 0. The molecule has 0 aromatic carbocycles. The van der Waals surface area contributed by atoms with Gasteiger partial charge in [0.2, 0.25) is 0 Å². The van der Waals surface area contributed by atoms with Gasteiger partial charge in [-0.3, -0.25) is 0 Å². The smallest absolute Gasteiger partial charge is 1.00 e. The molecule has 0 bridgehead atoms. The Kier molecular flexibility index (Phi) is 3.93. The molecular weight excluding hydrogens is 131 g/mol. The van der Waals surface area contributed by atoms with E-state index in [-0.39, 0.29) is 31.0 Å². The summed E-state index contributed by atoms with van der Waals surface area (Å²) in [5.74, 6) is 0.685. The summed E-state index contributed by atoms with van der Waals surface area (Å²) < 4.78 is 0. The zero-order valence-electron chi connectivity index (χ0n) is 8.65. The van der Waals surface area contributed by atoms with Crippen molar-refractivity contribution in [2.75, 3.05) is 0 Å². The fraction of sp³-hybridized carbons (Fsp3) is 0.556. The van der Waals surface area contributed by atoms with Crippen LogP contribution in [0.2, 0.25) is 0 Å². The summed E-state index contributed by atoms with van der Waals surface area (Å²) >= 11 is 0. The number of rotatable bonds is 0. The zero-order valence-corrected chi connectivity index (χ0v) is 9.65. The van der Waals surface area contributed by atoms with Gasteiger partial charge < -0.3 is 1.43 Å². The Balaban J connectivity index is 0. The molecule has 0 saturated carbocycles. The predicted molar refractivity (Wildman–Crippen MR) is 42.4 cm³/mol. The third kappa shape index (κ3) is 1.75. The van der Waals surface area contributed by atoms with E-state index in [1.807, 2.05) is 0 Å². The van der Waals surface area contributed by atoms with Crippen LogP contribution in [0.25, 0.3) is 0 Å². The first-order chi connectivity index (χ1) is 4.13. The molecule has 0 aromatic rings. The summed E-state index contributed by atoms with van der Waals surface area (Å²) in [5, 5.41) is 0. The van der Waals surface area contributed by atoms with Gasteiger partial charge in [0.05, 0.1) is 0 Å². The molecule has 0 heterocycles. The van der Waals surface area contributed by atoms with Gasteiger partial charge in [-0.25, -0.2) is 0 Å². The topological polar surface area (TPSA) is 0 Å². The van der Waals surface area contributed by atoms with Crippen LogP contribution in [0.4, 0.5) is 0 Å². The fourth-order valence-electron chi connectivity index (χ4n) is 1.28. The Morgan fingerprint density at radius 1 is 1.30 bits per heavy atom. The molecule has 1 atom stereocenters. The average molecular weight is 146 g/mol. The largest absolute Gasteiger partial charge is 1.00 e. The van der Waals surface area contributed by atoms with Crippen molar-refractivity contribution >= 4 is 0 Å². The van der Waals surface area contributed by atoms with Gasteiger partial charge in [0, 0.05) is 0 Å². The monoisotopic (exact) mass is 146 g/mol. The Labute approximate surface area is 87.2 Å². The number of hydrogen-bond donors (Lipinski definition) is 0. The van der Waals surface area contributed by atoms with Gasteiger partial charge in [0.1, 0.15) is 0 Å². The minimum Gasteiger partial charge on any atom is -1.00 e. The van der Waals surface area contributed by atoms with Crippen LogP contribution in [0.15, 0.2) is 22.8 Å². The fourth-order valence-corrected chi connectivity index (χ4v) is 1.28. The molecule has 1 rings (SSSR count). The molecule has 0 radical (unpaired) electrons. The second kappa shape index (κ2) is 3.75. The summed E-state index contributed by atoms with van der Waals surface area (Å²) in [6.45, 7) is 8.84. The molecule has 0 aliphatic heterocycles. The van der Waals surface area contributed by atoms with Crippen molar-refractivity contribution in [3.05, 3.63) is 22.8 Å². The van der Waals surface area contributed by atoms with Crippen LogP contribution in [0.5, 0.6) is 0 Å². The molecule has 52 valence electrons. The van der Waals surface area contributed by atoms with E-state index in [1.54, 1.807) is 0 Å². The quantitative estimate of drug-likeness (QED) is 0.423. The second-order valence-corrected chi connectivity index (χ2v) is 2.95. The summed E-state index contributed by atoms with van der Waals surface area (Å²) in [6.07, 6.45) is 2.32. The van der Waals surface area contributed by atoms with Crippen LogP contribution in [-0.2, 0) is 0 Å². The van der Waals surface area contributed by atoms with Gasteiger partial charge in [-0.05, 0) is 32.3 Å². The molecule has 1 aliphatic rings. The van der Waals surface area contributed by atoms with Crippen LogP contribution in [0, 0.1) is 5.92 Å². The first-order valence-electron chi connectivity index (χ1n) is 3.49. The minimum absolute atomic E-state index is 0. The van der Waals surface area contributed by atoms with Gasteiger partial charge in [-0.2, -0.15) is 0 Å². The van der Waals surface area contributed by atoms with Crippen molar-refractivity contribution < 1.29 is 31.0 Å². The number of allylic oxidation sites excluding steroid dienone is 4. The maximum absolute atomic E-state index is 2.32. The first-order valence-corrected chi connectivity index (χ1v) is 3.49. The SMILES string of the molecule is CC1=CC(C)C(C)=C1C.[H-].[Na+]. The van der Waals surface area contributed by atoms with Crippen LogP contribution in [0.3, 0.4) is 0 Å². The molecule has 10 heavy (non-hydrogen) atoms. The second-order valence-electron chi connectivity index (χ2n) is 2.95. The Morgan fingerprint density at radius 3 is 1.90 bits per heavy atom. The Morgan fingerprint density at radius 2 is 1.80 bits per heavy atom. The molecule has 0 amide bonds. The van der Waals surface area contributed by atoms with E-state index in [0.717, 1.165) is 0 Å². The Bertz CT molecular complexity index is 192. The van der Waals surface area contributed by atoms with Crippen molar-refractivity contribution in [3.8, 4) is 0 Å². The summed E-state index contributed by atoms with van der Waals surface area (Å²) in [5.41, 5.74) is 4.48. The van der Waals surface area contributed by atoms with E-state index in [1.165, 1.54) is 16.7 Å². The normalized spacial score (nSPS) is 24.4. The van der Waals surface area contributed by atoms with Crippen molar-refractivity contribution in [1.29, 1.82) is 0 Å². The molecule has 0 fully saturated rings.